The summed E-state index contributed by atoms with van der Waals surface area (Å²) in [7, 11) is 1.71. The van der Waals surface area contributed by atoms with Crippen LogP contribution in [0.25, 0.3) is 0 Å². The van der Waals surface area contributed by atoms with Crippen molar-refractivity contribution in [2.75, 3.05) is 13.6 Å². The van der Waals surface area contributed by atoms with Gasteiger partial charge in [0.05, 0.1) is 18.1 Å². The molecule has 126 valence electrons. The van der Waals surface area contributed by atoms with Gasteiger partial charge in [0, 0.05) is 25.0 Å². The van der Waals surface area contributed by atoms with E-state index < -0.39 is 12.0 Å². The standard InChI is InChI=1S/C17H23ClN2O3/c1-3-13(21)7-8-19-17(23)14-10-15(22)20(2)16(14)11-5-4-6-12(18)9-11/h4-6,9,13-14,16,21H,3,7-8,10H2,1-2H3,(H,19,23). The van der Waals surface area contributed by atoms with Crippen molar-refractivity contribution in [1.29, 1.82) is 0 Å². The van der Waals surface area contributed by atoms with Gasteiger partial charge in [-0.1, -0.05) is 30.7 Å². The first kappa shape index (κ1) is 17.8. The van der Waals surface area contributed by atoms with Gasteiger partial charge in [-0.3, -0.25) is 9.59 Å². The average molecular weight is 339 g/mol. The van der Waals surface area contributed by atoms with E-state index in [0.29, 0.717) is 24.4 Å². The van der Waals surface area contributed by atoms with Crippen LogP contribution in [-0.2, 0) is 9.59 Å². The summed E-state index contributed by atoms with van der Waals surface area (Å²) >= 11 is 6.04. The second-order valence-corrected chi connectivity index (χ2v) is 6.39. The van der Waals surface area contributed by atoms with Crippen molar-refractivity contribution >= 4 is 23.4 Å². The lowest BCUT2D eigenvalue weighted by Gasteiger charge is -2.25. The smallest absolute Gasteiger partial charge is 0.226 e. The fourth-order valence-electron chi connectivity index (χ4n) is 2.95. The molecule has 2 N–H and O–H groups in total. The molecule has 3 unspecified atom stereocenters. The maximum absolute atomic E-state index is 12.5. The molecule has 2 amide bonds. The van der Waals surface area contributed by atoms with Crippen LogP contribution >= 0.6 is 11.6 Å². The number of nitrogens with zero attached hydrogens (tertiary/aromatic N) is 1. The minimum atomic E-state index is -0.440. The molecule has 1 heterocycles. The molecule has 6 heteroatoms. The number of carbonyl (C=O) groups excluding carboxylic acids is 2. The predicted molar refractivity (Wildman–Crippen MR) is 89.0 cm³/mol. The molecule has 0 aliphatic carbocycles. The lowest BCUT2D eigenvalue weighted by molar-refractivity contribution is -0.128. The van der Waals surface area contributed by atoms with Crippen LogP contribution in [0.1, 0.15) is 37.8 Å². The number of hydrogen-bond acceptors (Lipinski definition) is 3. The summed E-state index contributed by atoms with van der Waals surface area (Å²) in [5, 5.41) is 13.0. The molecule has 3 atom stereocenters. The first-order valence-electron chi connectivity index (χ1n) is 7.91. The third kappa shape index (κ3) is 4.24. The summed E-state index contributed by atoms with van der Waals surface area (Å²) in [6, 6.07) is 6.95. The number of benzene rings is 1. The second kappa shape index (κ2) is 7.79. The number of aliphatic hydroxyl groups is 1. The predicted octanol–water partition coefficient (Wildman–Crippen LogP) is 2.14. The van der Waals surface area contributed by atoms with Crippen molar-refractivity contribution in [1.82, 2.24) is 10.2 Å². The normalized spacial score (nSPS) is 22.3. The topological polar surface area (TPSA) is 69.6 Å². The van der Waals surface area contributed by atoms with E-state index >= 15 is 0 Å². The number of amides is 2. The van der Waals surface area contributed by atoms with Crippen molar-refractivity contribution in [3.8, 4) is 0 Å². The Hall–Kier alpha value is -1.59. The highest BCUT2D eigenvalue weighted by molar-refractivity contribution is 6.30. The lowest BCUT2D eigenvalue weighted by atomic mass is 9.93. The van der Waals surface area contributed by atoms with E-state index in [9.17, 15) is 14.7 Å². The molecule has 1 saturated heterocycles. The molecule has 0 radical (unpaired) electrons. The van der Waals surface area contributed by atoms with Crippen LogP contribution in [0.2, 0.25) is 5.02 Å². The summed E-state index contributed by atoms with van der Waals surface area (Å²) in [6.07, 6.45) is 0.953. The molecule has 0 aromatic heterocycles. The first-order chi connectivity index (χ1) is 10.9. The van der Waals surface area contributed by atoms with E-state index in [1.165, 1.54) is 0 Å². The van der Waals surface area contributed by atoms with Gasteiger partial charge in [-0.05, 0) is 30.5 Å². The largest absolute Gasteiger partial charge is 0.393 e. The number of aliphatic hydroxyl groups excluding tert-OH is 1. The summed E-state index contributed by atoms with van der Waals surface area (Å²) in [4.78, 5) is 26.1. The third-order valence-corrected chi connectivity index (χ3v) is 4.60. The molecule has 5 nitrogen and oxygen atoms in total. The average Bonchev–Trinajstić information content (AvgIpc) is 2.82. The maximum atomic E-state index is 12.5. The number of halogens is 1. The summed E-state index contributed by atoms with van der Waals surface area (Å²) < 4.78 is 0. The molecule has 0 saturated carbocycles. The van der Waals surface area contributed by atoms with Crippen LogP contribution in [0.5, 0.6) is 0 Å². The molecule has 1 aliphatic heterocycles. The van der Waals surface area contributed by atoms with Gasteiger partial charge >= 0.3 is 0 Å². The molecule has 1 aromatic rings. The Balaban J connectivity index is 2.09. The summed E-state index contributed by atoms with van der Waals surface area (Å²) in [6.45, 7) is 2.30. The zero-order valence-electron chi connectivity index (χ0n) is 13.5. The summed E-state index contributed by atoms with van der Waals surface area (Å²) in [5.74, 6) is -0.649. The van der Waals surface area contributed by atoms with E-state index in [-0.39, 0.29) is 24.3 Å². The van der Waals surface area contributed by atoms with E-state index in [4.69, 9.17) is 11.6 Å². The molecular weight excluding hydrogens is 316 g/mol. The van der Waals surface area contributed by atoms with Crippen LogP contribution in [0.4, 0.5) is 0 Å². The van der Waals surface area contributed by atoms with E-state index in [1.54, 1.807) is 24.1 Å². The van der Waals surface area contributed by atoms with Crippen LogP contribution < -0.4 is 5.32 Å². The van der Waals surface area contributed by atoms with E-state index in [1.807, 2.05) is 19.1 Å². The monoisotopic (exact) mass is 338 g/mol. The number of rotatable bonds is 6. The van der Waals surface area contributed by atoms with Gasteiger partial charge in [-0.2, -0.15) is 0 Å². The zero-order valence-corrected chi connectivity index (χ0v) is 14.2. The Labute approximate surface area is 141 Å². The van der Waals surface area contributed by atoms with Crippen molar-refractivity contribution in [3.05, 3.63) is 34.9 Å². The molecular formula is C17H23ClN2O3. The minimum absolute atomic E-state index is 0.0521. The SMILES string of the molecule is CCC(O)CCNC(=O)C1CC(=O)N(C)C1c1cccc(Cl)c1. The Morgan fingerprint density at radius 2 is 2.26 bits per heavy atom. The highest BCUT2D eigenvalue weighted by Crippen LogP contribution is 2.37. The fraction of sp³-hybridized carbons (Fsp3) is 0.529. The highest BCUT2D eigenvalue weighted by atomic mass is 35.5. The molecule has 1 aliphatic rings. The Kier molecular flexibility index (Phi) is 6.02. The second-order valence-electron chi connectivity index (χ2n) is 5.96. The van der Waals surface area contributed by atoms with E-state index in [0.717, 1.165) is 5.56 Å². The number of likely N-dealkylation sites (tertiary alicyclic amines) is 1. The van der Waals surface area contributed by atoms with E-state index in [2.05, 4.69) is 5.32 Å². The van der Waals surface area contributed by atoms with Crippen molar-refractivity contribution in [3.63, 3.8) is 0 Å². The fourth-order valence-corrected chi connectivity index (χ4v) is 3.15. The molecule has 0 spiro atoms. The van der Waals surface area contributed by atoms with Crippen LogP contribution in [0, 0.1) is 5.92 Å². The highest BCUT2D eigenvalue weighted by Gasteiger charge is 2.42. The number of carbonyl (C=O) groups is 2. The quantitative estimate of drug-likeness (QED) is 0.835. The van der Waals surface area contributed by atoms with Crippen molar-refractivity contribution in [2.45, 2.75) is 38.3 Å². The molecule has 2 rings (SSSR count). The van der Waals surface area contributed by atoms with Crippen LogP contribution in [-0.4, -0.2) is 41.5 Å². The molecule has 0 bridgehead atoms. The van der Waals surface area contributed by atoms with Crippen LogP contribution in [0.3, 0.4) is 0 Å². The molecule has 1 aromatic carbocycles. The van der Waals surface area contributed by atoms with Crippen molar-refractivity contribution < 1.29 is 14.7 Å². The van der Waals surface area contributed by atoms with Gasteiger partial charge in [0.15, 0.2) is 0 Å². The zero-order chi connectivity index (χ0) is 17.0. The van der Waals surface area contributed by atoms with Crippen molar-refractivity contribution in [2.24, 2.45) is 5.92 Å². The summed E-state index contributed by atoms with van der Waals surface area (Å²) in [5.41, 5.74) is 0.861. The first-order valence-corrected chi connectivity index (χ1v) is 8.28. The van der Waals surface area contributed by atoms with Gasteiger partial charge in [0.1, 0.15) is 0 Å². The van der Waals surface area contributed by atoms with Gasteiger partial charge in [-0.25, -0.2) is 0 Å². The Morgan fingerprint density at radius 3 is 2.91 bits per heavy atom. The van der Waals surface area contributed by atoms with Gasteiger partial charge in [-0.15, -0.1) is 0 Å². The maximum Gasteiger partial charge on any atom is 0.226 e. The number of nitrogens with one attached hydrogen (secondary N) is 1. The Morgan fingerprint density at radius 1 is 1.52 bits per heavy atom. The van der Waals surface area contributed by atoms with Gasteiger partial charge in [0.25, 0.3) is 0 Å². The van der Waals surface area contributed by atoms with Crippen LogP contribution in [0.15, 0.2) is 24.3 Å². The lowest BCUT2D eigenvalue weighted by Crippen LogP contribution is -2.35. The van der Waals surface area contributed by atoms with Gasteiger partial charge < -0.3 is 15.3 Å². The molecule has 23 heavy (non-hydrogen) atoms. The number of hydrogen-bond donors (Lipinski definition) is 2. The Bertz CT molecular complexity index is 579. The third-order valence-electron chi connectivity index (χ3n) is 4.36. The minimum Gasteiger partial charge on any atom is -0.393 e. The molecule has 1 fully saturated rings. The van der Waals surface area contributed by atoms with Gasteiger partial charge in [0.2, 0.25) is 11.8 Å².